The molecule has 1 atom stereocenters. The molecular weight excluding hydrogens is 835 g/mol. The first-order valence-corrected chi connectivity index (χ1v) is 26.8. The number of piperidine rings is 2. The van der Waals surface area contributed by atoms with Gasteiger partial charge in [-0.05, 0) is 196 Å². The number of esters is 1. The standard InChI is InChI=1S/C19H32N2O2.C18H31NO4.C16H32N2O2/c1-3-20(4-2)17-5-6-21(13-17)18(22)23-19-10-14-7-15(11-19)9-16(8-14)12-19;1-4-18(2,3)23-17(21)19-12-10-14(11-13-19)16(20)22-15-8-6-5-7-9-15;1-12(2)18(13(3)4)14-8-10-17(11-9-14)15(19)20-16(5,6)7/h14-17H,3-13H2,1-2H3;14-15H,4-13H2,1-3H3;12-14H,8-11H2,1-7H3. The predicted molar refractivity (Wildman–Crippen MR) is 261 cm³/mol. The van der Waals surface area contributed by atoms with Gasteiger partial charge in [-0.3, -0.25) is 14.6 Å². The minimum atomic E-state index is -0.437. The molecule has 5 aliphatic carbocycles. The lowest BCUT2D eigenvalue weighted by Crippen LogP contribution is -2.54. The molecule has 3 aliphatic heterocycles. The van der Waals surface area contributed by atoms with Gasteiger partial charge >= 0.3 is 24.2 Å². The second-order valence-electron chi connectivity index (χ2n) is 23.4. The number of rotatable bonds is 11. The van der Waals surface area contributed by atoms with E-state index in [-0.39, 0.29) is 41.9 Å². The summed E-state index contributed by atoms with van der Waals surface area (Å²) in [6.45, 7) is 31.6. The maximum Gasteiger partial charge on any atom is 0.410 e. The van der Waals surface area contributed by atoms with Gasteiger partial charge in [-0.1, -0.05) is 27.2 Å². The highest BCUT2D eigenvalue weighted by molar-refractivity contribution is 5.74. The van der Waals surface area contributed by atoms with Gasteiger partial charge in [0.15, 0.2) is 0 Å². The van der Waals surface area contributed by atoms with E-state index in [2.05, 4.69) is 51.3 Å². The van der Waals surface area contributed by atoms with E-state index in [1.54, 1.807) is 4.90 Å². The summed E-state index contributed by atoms with van der Waals surface area (Å²) in [7, 11) is 0. The Balaban J connectivity index is 0.000000186. The molecule has 3 saturated heterocycles. The summed E-state index contributed by atoms with van der Waals surface area (Å²) < 4.78 is 22.8. The first kappa shape index (κ1) is 54.1. The number of amides is 3. The Hall–Kier alpha value is -2.80. The van der Waals surface area contributed by atoms with Gasteiger partial charge in [0.2, 0.25) is 0 Å². The fourth-order valence-electron chi connectivity index (χ4n) is 12.6. The third-order valence-electron chi connectivity index (χ3n) is 15.9. The number of likely N-dealkylation sites (N-methyl/N-ethyl adjacent to an activating group) is 1. The molecule has 13 heteroatoms. The van der Waals surface area contributed by atoms with Crippen molar-refractivity contribution in [2.75, 3.05) is 52.4 Å². The van der Waals surface area contributed by atoms with E-state index >= 15 is 0 Å². The average molecular weight is 930 g/mol. The van der Waals surface area contributed by atoms with Gasteiger partial charge in [0.25, 0.3) is 0 Å². The smallest absolute Gasteiger partial charge is 0.410 e. The zero-order chi connectivity index (χ0) is 48.4. The first-order chi connectivity index (χ1) is 31.1. The average Bonchev–Trinajstić information content (AvgIpc) is 3.74. The van der Waals surface area contributed by atoms with Crippen molar-refractivity contribution in [2.24, 2.45) is 23.7 Å². The van der Waals surface area contributed by atoms with Gasteiger partial charge < -0.3 is 33.6 Å². The summed E-state index contributed by atoms with van der Waals surface area (Å²) in [6, 6.07) is 2.20. The normalized spacial score (nSPS) is 27.4. The molecule has 0 spiro atoms. The molecule has 8 fully saturated rings. The topological polar surface area (TPSA) is 121 Å². The van der Waals surface area contributed by atoms with Crippen molar-refractivity contribution in [1.82, 2.24) is 24.5 Å². The Bertz CT molecular complexity index is 1490. The predicted octanol–water partition coefficient (Wildman–Crippen LogP) is 10.9. The molecule has 1 unspecified atom stereocenters. The van der Waals surface area contributed by atoms with Crippen LogP contribution in [-0.4, -0.2) is 148 Å². The van der Waals surface area contributed by atoms with Crippen LogP contribution in [-0.2, 0) is 23.7 Å². The lowest BCUT2D eigenvalue weighted by Gasteiger charge is -2.55. The molecule has 5 saturated carbocycles. The van der Waals surface area contributed by atoms with E-state index in [1.165, 1.54) is 25.7 Å². The molecule has 8 rings (SSSR count). The van der Waals surface area contributed by atoms with Crippen LogP contribution in [0.15, 0.2) is 0 Å². The van der Waals surface area contributed by atoms with Crippen LogP contribution < -0.4 is 0 Å². The van der Waals surface area contributed by atoms with Gasteiger partial charge in [-0.2, -0.15) is 0 Å². The SMILES string of the molecule is CC(C)N(C(C)C)C1CCN(C(=O)OC(C)(C)C)CC1.CCC(C)(C)OC(=O)N1CCC(C(=O)OC2CCCCC2)CC1.CCN(CC)C1CCN(C(=O)OC23CC4CC(CC(C4)C2)C3)C1. The van der Waals surface area contributed by atoms with Crippen molar-refractivity contribution in [3.63, 3.8) is 0 Å². The number of hydrogen-bond acceptors (Lipinski definition) is 10. The molecule has 0 N–H and O–H groups in total. The van der Waals surface area contributed by atoms with Gasteiger partial charge in [-0.15, -0.1) is 0 Å². The highest BCUT2D eigenvalue weighted by Gasteiger charge is 2.54. The molecule has 66 heavy (non-hydrogen) atoms. The number of hydrogen-bond donors (Lipinski definition) is 0. The fourth-order valence-corrected chi connectivity index (χ4v) is 12.6. The number of likely N-dealkylation sites (tertiary alicyclic amines) is 3. The van der Waals surface area contributed by atoms with Crippen LogP contribution in [0.2, 0.25) is 0 Å². The van der Waals surface area contributed by atoms with Crippen LogP contribution in [0, 0.1) is 23.7 Å². The second-order valence-corrected chi connectivity index (χ2v) is 23.4. The van der Waals surface area contributed by atoms with Crippen LogP contribution in [0.3, 0.4) is 0 Å². The van der Waals surface area contributed by atoms with E-state index in [0.717, 1.165) is 128 Å². The van der Waals surface area contributed by atoms with Gasteiger partial charge in [0.1, 0.15) is 22.9 Å². The Morgan fingerprint density at radius 3 is 1.55 bits per heavy atom. The summed E-state index contributed by atoms with van der Waals surface area (Å²) in [5, 5.41) is 0. The van der Waals surface area contributed by atoms with Crippen LogP contribution in [0.25, 0.3) is 0 Å². The molecule has 0 radical (unpaired) electrons. The van der Waals surface area contributed by atoms with Crippen molar-refractivity contribution in [3.8, 4) is 0 Å². The number of carbonyl (C=O) groups is 4. The number of carbonyl (C=O) groups excluding carboxylic acids is 4. The van der Waals surface area contributed by atoms with Crippen molar-refractivity contribution in [2.45, 2.75) is 239 Å². The van der Waals surface area contributed by atoms with Gasteiger partial charge in [-0.25, -0.2) is 14.4 Å². The van der Waals surface area contributed by atoms with E-state index in [1.807, 2.05) is 51.3 Å². The van der Waals surface area contributed by atoms with Crippen molar-refractivity contribution >= 4 is 24.2 Å². The first-order valence-electron chi connectivity index (χ1n) is 26.8. The van der Waals surface area contributed by atoms with E-state index in [9.17, 15) is 19.2 Å². The van der Waals surface area contributed by atoms with Gasteiger partial charge in [0, 0.05) is 63.4 Å². The Morgan fingerprint density at radius 1 is 0.606 bits per heavy atom. The largest absolute Gasteiger partial charge is 0.462 e. The third kappa shape index (κ3) is 15.6. The summed E-state index contributed by atoms with van der Waals surface area (Å²) in [5.41, 5.74) is -0.942. The lowest BCUT2D eigenvalue weighted by molar-refractivity contribution is -0.157. The highest BCUT2D eigenvalue weighted by atomic mass is 16.6. The van der Waals surface area contributed by atoms with Gasteiger partial charge in [0.05, 0.1) is 5.92 Å². The quantitative estimate of drug-likeness (QED) is 0.146. The second kappa shape index (κ2) is 24.2. The number of nitrogens with zero attached hydrogens (tertiary/aromatic N) is 5. The van der Waals surface area contributed by atoms with Crippen LogP contribution in [0.4, 0.5) is 14.4 Å². The molecule has 8 aliphatic rings. The van der Waals surface area contributed by atoms with Crippen LogP contribution in [0.1, 0.15) is 192 Å². The fraction of sp³-hybridized carbons (Fsp3) is 0.925. The van der Waals surface area contributed by atoms with Crippen molar-refractivity contribution in [3.05, 3.63) is 0 Å². The molecule has 3 heterocycles. The minimum Gasteiger partial charge on any atom is -0.462 e. The maximum absolute atomic E-state index is 12.8. The minimum absolute atomic E-state index is 0.0263. The molecule has 3 amide bonds. The Kier molecular flexibility index (Phi) is 19.8. The third-order valence-corrected chi connectivity index (χ3v) is 15.9. The lowest BCUT2D eigenvalue weighted by atomic mass is 9.54. The molecular formula is C53H95N5O8. The molecule has 0 aromatic rings. The van der Waals surface area contributed by atoms with Crippen LogP contribution >= 0.6 is 0 Å². The van der Waals surface area contributed by atoms with Crippen LogP contribution in [0.5, 0.6) is 0 Å². The highest BCUT2D eigenvalue weighted by Crippen LogP contribution is 2.57. The van der Waals surface area contributed by atoms with E-state index in [0.29, 0.717) is 50.1 Å². The monoisotopic (exact) mass is 930 g/mol. The summed E-state index contributed by atoms with van der Waals surface area (Å²) in [6.07, 6.45) is 18.1. The van der Waals surface area contributed by atoms with Crippen molar-refractivity contribution < 1.29 is 38.1 Å². The van der Waals surface area contributed by atoms with E-state index in [4.69, 9.17) is 18.9 Å². The maximum atomic E-state index is 12.8. The molecule has 380 valence electrons. The Morgan fingerprint density at radius 2 is 1.08 bits per heavy atom. The zero-order valence-corrected chi connectivity index (χ0v) is 43.9. The molecule has 0 aromatic carbocycles. The summed E-state index contributed by atoms with van der Waals surface area (Å²) in [4.78, 5) is 59.8. The molecule has 4 bridgehead atoms. The summed E-state index contributed by atoms with van der Waals surface area (Å²) >= 11 is 0. The van der Waals surface area contributed by atoms with Crippen molar-refractivity contribution in [1.29, 1.82) is 0 Å². The Labute approximate surface area is 401 Å². The molecule has 0 aromatic heterocycles. The molecule has 13 nitrogen and oxygen atoms in total. The zero-order valence-electron chi connectivity index (χ0n) is 43.9. The number of ether oxygens (including phenoxy) is 4. The van der Waals surface area contributed by atoms with E-state index < -0.39 is 11.2 Å². The summed E-state index contributed by atoms with van der Waals surface area (Å²) in [5.74, 6) is 2.35.